The Bertz CT molecular complexity index is 1000. The Morgan fingerprint density at radius 3 is 2.79 bits per heavy atom. The summed E-state index contributed by atoms with van der Waals surface area (Å²) in [6.45, 7) is 3.08. The van der Waals surface area contributed by atoms with Gasteiger partial charge in [0.2, 0.25) is 5.91 Å². The van der Waals surface area contributed by atoms with E-state index in [-0.39, 0.29) is 11.7 Å². The zero-order valence-corrected chi connectivity index (χ0v) is 16.5. The van der Waals surface area contributed by atoms with E-state index in [1.165, 1.54) is 17.3 Å². The van der Waals surface area contributed by atoms with Gasteiger partial charge in [0.25, 0.3) is 0 Å². The van der Waals surface area contributed by atoms with Crippen LogP contribution in [-0.2, 0) is 11.2 Å². The van der Waals surface area contributed by atoms with Crippen molar-refractivity contribution < 1.29 is 9.53 Å². The van der Waals surface area contributed by atoms with E-state index in [1.54, 1.807) is 6.07 Å². The van der Waals surface area contributed by atoms with Crippen LogP contribution in [0.3, 0.4) is 0 Å². The van der Waals surface area contributed by atoms with Crippen LogP contribution in [0.5, 0.6) is 5.75 Å². The average Bonchev–Trinajstić information content (AvgIpc) is 2.72. The van der Waals surface area contributed by atoms with Crippen molar-refractivity contribution in [3.63, 3.8) is 0 Å². The minimum absolute atomic E-state index is 0.0743. The van der Waals surface area contributed by atoms with Gasteiger partial charge in [-0.2, -0.15) is 5.26 Å². The molecule has 2 aromatic carbocycles. The van der Waals surface area contributed by atoms with E-state index in [4.69, 9.17) is 4.74 Å². The van der Waals surface area contributed by atoms with Gasteiger partial charge in [0.1, 0.15) is 16.8 Å². The largest absolute Gasteiger partial charge is 0.494 e. The highest BCUT2D eigenvalue weighted by Crippen LogP contribution is 2.27. The third-order valence-corrected chi connectivity index (χ3v) is 5.10. The summed E-state index contributed by atoms with van der Waals surface area (Å²) in [5.41, 5.74) is 2.40. The number of aromatic nitrogens is 1. The first kappa shape index (κ1) is 19.7. The monoisotopic (exact) mass is 391 g/mol. The van der Waals surface area contributed by atoms with Crippen molar-refractivity contribution in [3.8, 4) is 11.8 Å². The van der Waals surface area contributed by atoms with Gasteiger partial charge in [-0.25, -0.2) is 4.98 Å². The molecule has 1 amide bonds. The maximum atomic E-state index is 12.1. The number of carbonyl (C=O) groups is 1. The van der Waals surface area contributed by atoms with Gasteiger partial charge in [0, 0.05) is 18.0 Å². The molecule has 6 heteroatoms. The summed E-state index contributed by atoms with van der Waals surface area (Å²) < 4.78 is 5.51. The smallest absolute Gasteiger partial charge is 0.230 e. The van der Waals surface area contributed by atoms with E-state index in [9.17, 15) is 10.1 Å². The van der Waals surface area contributed by atoms with Crippen LogP contribution in [0.1, 0.15) is 18.1 Å². The van der Waals surface area contributed by atoms with Gasteiger partial charge < -0.3 is 10.1 Å². The molecule has 28 heavy (non-hydrogen) atoms. The molecule has 0 fully saturated rings. The topological polar surface area (TPSA) is 75.0 Å². The van der Waals surface area contributed by atoms with Crippen LogP contribution >= 0.6 is 11.8 Å². The van der Waals surface area contributed by atoms with Gasteiger partial charge in [0.05, 0.1) is 23.4 Å². The van der Waals surface area contributed by atoms with Crippen molar-refractivity contribution in [2.24, 2.45) is 0 Å². The predicted octanol–water partition coefficient (Wildman–Crippen LogP) is 3.96. The highest BCUT2D eigenvalue weighted by molar-refractivity contribution is 8.00. The van der Waals surface area contributed by atoms with Crippen LogP contribution in [0.4, 0.5) is 0 Å². The zero-order chi connectivity index (χ0) is 19.8. The molecule has 0 aliphatic carbocycles. The number of pyridine rings is 1. The summed E-state index contributed by atoms with van der Waals surface area (Å²) in [7, 11) is 0. The second-order valence-electron chi connectivity index (χ2n) is 6.11. The molecule has 0 bridgehead atoms. The Hall–Kier alpha value is -3.04. The van der Waals surface area contributed by atoms with Gasteiger partial charge in [-0.05, 0) is 37.1 Å². The van der Waals surface area contributed by atoms with Gasteiger partial charge >= 0.3 is 0 Å². The maximum absolute atomic E-state index is 12.1. The minimum Gasteiger partial charge on any atom is -0.494 e. The van der Waals surface area contributed by atoms with Crippen LogP contribution < -0.4 is 10.1 Å². The van der Waals surface area contributed by atoms with E-state index >= 15 is 0 Å². The SMILES string of the molecule is CCOc1ccc2cc(C#N)c(SCC(=O)NCCc3ccccc3)nc2c1. The van der Waals surface area contributed by atoms with E-state index in [2.05, 4.69) is 16.4 Å². The Kier molecular flexibility index (Phi) is 6.88. The molecule has 3 aromatic rings. The number of rotatable bonds is 8. The molecule has 1 aromatic heterocycles. The summed E-state index contributed by atoms with van der Waals surface area (Å²) in [5.74, 6) is 0.879. The number of thioether (sulfide) groups is 1. The highest BCUT2D eigenvalue weighted by Gasteiger charge is 2.11. The fourth-order valence-corrected chi connectivity index (χ4v) is 3.54. The molecule has 0 aliphatic heterocycles. The van der Waals surface area contributed by atoms with Crippen molar-refractivity contribution >= 4 is 28.6 Å². The molecule has 0 saturated carbocycles. The Labute approximate surface area is 168 Å². The lowest BCUT2D eigenvalue weighted by Crippen LogP contribution is -2.27. The predicted molar refractivity (Wildman–Crippen MR) is 112 cm³/mol. The molecule has 0 atom stereocenters. The second-order valence-corrected chi connectivity index (χ2v) is 7.08. The van der Waals surface area contributed by atoms with Crippen LogP contribution in [0.25, 0.3) is 10.9 Å². The number of amides is 1. The van der Waals surface area contributed by atoms with E-state index in [0.29, 0.717) is 23.7 Å². The van der Waals surface area contributed by atoms with E-state index in [1.807, 2.05) is 55.5 Å². The summed E-state index contributed by atoms with van der Waals surface area (Å²) in [5, 5.41) is 13.8. The Balaban J connectivity index is 1.62. The second kappa shape index (κ2) is 9.77. The van der Waals surface area contributed by atoms with E-state index in [0.717, 1.165) is 23.1 Å². The number of ether oxygens (including phenoxy) is 1. The van der Waals surface area contributed by atoms with Gasteiger partial charge in [-0.1, -0.05) is 42.1 Å². The number of nitrogens with one attached hydrogen (secondary N) is 1. The van der Waals surface area contributed by atoms with E-state index < -0.39 is 0 Å². The molecule has 0 spiro atoms. The lowest BCUT2D eigenvalue weighted by Gasteiger charge is -2.08. The normalized spacial score (nSPS) is 10.4. The van der Waals surface area contributed by atoms with Gasteiger partial charge in [-0.15, -0.1) is 0 Å². The lowest BCUT2D eigenvalue weighted by molar-refractivity contribution is -0.118. The summed E-state index contributed by atoms with van der Waals surface area (Å²) in [6, 6.07) is 19.6. The molecule has 1 N–H and O–H groups in total. The first-order valence-corrected chi connectivity index (χ1v) is 10.1. The van der Waals surface area contributed by atoms with Crippen molar-refractivity contribution in [1.82, 2.24) is 10.3 Å². The molecule has 0 saturated heterocycles. The molecule has 5 nitrogen and oxygen atoms in total. The number of hydrogen-bond acceptors (Lipinski definition) is 5. The van der Waals surface area contributed by atoms with Gasteiger partial charge in [-0.3, -0.25) is 4.79 Å². The van der Waals surface area contributed by atoms with Gasteiger partial charge in [0.15, 0.2) is 0 Å². The van der Waals surface area contributed by atoms with Crippen molar-refractivity contribution in [2.45, 2.75) is 18.4 Å². The van der Waals surface area contributed by atoms with Crippen LogP contribution in [0, 0.1) is 11.3 Å². The molecule has 0 aliphatic rings. The number of hydrogen-bond donors (Lipinski definition) is 1. The fourth-order valence-electron chi connectivity index (χ4n) is 2.75. The van der Waals surface area contributed by atoms with Crippen molar-refractivity contribution in [2.75, 3.05) is 18.9 Å². The number of nitriles is 1. The maximum Gasteiger partial charge on any atom is 0.230 e. The Morgan fingerprint density at radius 1 is 1.21 bits per heavy atom. The molecular weight excluding hydrogens is 370 g/mol. The third-order valence-electron chi connectivity index (χ3n) is 4.10. The number of carbonyl (C=O) groups excluding carboxylic acids is 1. The average molecular weight is 391 g/mol. The van der Waals surface area contributed by atoms with Crippen LogP contribution in [0.2, 0.25) is 0 Å². The fraction of sp³-hybridized carbons (Fsp3) is 0.227. The molecule has 3 rings (SSSR count). The minimum atomic E-state index is -0.0743. The molecule has 0 radical (unpaired) electrons. The van der Waals surface area contributed by atoms with Crippen LogP contribution in [-0.4, -0.2) is 29.8 Å². The molecule has 0 unspecified atom stereocenters. The lowest BCUT2D eigenvalue weighted by atomic mass is 10.1. The first-order valence-electron chi connectivity index (χ1n) is 9.10. The first-order chi connectivity index (χ1) is 13.7. The number of benzene rings is 2. The number of fused-ring (bicyclic) bond motifs is 1. The molecule has 142 valence electrons. The summed E-state index contributed by atoms with van der Waals surface area (Å²) >= 11 is 1.27. The summed E-state index contributed by atoms with van der Waals surface area (Å²) in [4.78, 5) is 16.7. The highest BCUT2D eigenvalue weighted by atomic mass is 32.2. The quantitative estimate of drug-likeness (QED) is 0.589. The standard InChI is InChI=1S/C22H21N3O2S/c1-2-27-19-9-8-17-12-18(14-23)22(25-20(17)13-19)28-15-21(26)24-11-10-16-6-4-3-5-7-16/h3-9,12-13H,2,10-11,15H2,1H3,(H,24,26). The van der Waals surface area contributed by atoms with Crippen molar-refractivity contribution in [1.29, 1.82) is 5.26 Å². The van der Waals surface area contributed by atoms with Crippen LogP contribution in [0.15, 0.2) is 59.6 Å². The number of nitrogens with zero attached hydrogens (tertiary/aromatic N) is 2. The summed E-state index contributed by atoms with van der Waals surface area (Å²) in [6.07, 6.45) is 0.787. The van der Waals surface area contributed by atoms with Crippen molar-refractivity contribution in [3.05, 3.63) is 65.7 Å². The molecule has 1 heterocycles. The zero-order valence-electron chi connectivity index (χ0n) is 15.6. The Morgan fingerprint density at radius 2 is 2.04 bits per heavy atom. The third kappa shape index (κ3) is 5.24. The molecular formula is C22H21N3O2S.